The topological polar surface area (TPSA) is 74.0 Å². The second-order valence-corrected chi connectivity index (χ2v) is 4.38. The molecule has 0 bridgehead atoms. The van der Waals surface area contributed by atoms with Crippen molar-refractivity contribution < 1.29 is 4.79 Å². The van der Waals surface area contributed by atoms with Crippen molar-refractivity contribution in [1.82, 2.24) is 15.6 Å². The van der Waals surface area contributed by atoms with Crippen LogP contribution in [0.25, 0.3) is 0 Å². The van der Waals surface area contributed by atoms with Crippen LogP contribution < -0.4 is 16.2 Å². The molecule has 1 aromatic heterocycles. The van der Waals surface area contributed by atoms with Crippen LogP contribution in [0.1, 0.15) is 22.5 Å². The molecule has 2 heterocycles. The van der Waals surface area contributed by atoms with E-state index in [1.807, 2.05) is 0 Å². The van der Waals surface area contributed by atoms with E-state index >= 15 is 0 Å². The molecule has 5 heteroatoms. The van der Waals surface area contributed by atoms with Crippen LogP contribution in [0.3, 0.4) is 0 Å². The largest absolute Gasteiger partial charge is 0.348 e. The van der Waals surface area contributed by atoms with E-state index in [2.05, 4.69) is 21.7 Å². The van der Waals surface area contributed by atoms with Gasteiger partial charge in [0.05, 0.1) is 0 Å². The fraction of sp³-hybridized carbons (Fsp3) is 0.385. The van der Waals surface area contributed by atoms with E-state index < -0.39 is 0 Å². The van der Waals surface area contributed by atoms with Gasteiger partial charge in [0.1, 0.15) is 5.56 Å². The van der Waals surface area contributed by atoms with Gasteiger partial charge in [-0.1, -0.05) is 11.6 Å². The third-order valence-corrected chi connectivity index (χ3v) is 2.93. The molecule has 0 aromatic carbocycles. The number of nitrogens with one attached hydrogen (secondary N) is 3. The molecule has 2 rings (SSSR count). The minimum absolute atomic E-state index is 0.162. The van der Waals surface area contributed by atoms with Gasteiger partial charge in [0.15, 0.2) is 0 Å². The molecule has 1 aliphatic heterocycles. The van der Waals surface area contributed by atoms with E-state index in [9.17, 15) is 9.59 Å². The average Bonchev–Trinajstić information content (AvgIpc) is 2.37. The van der Waals surface area contributed by atoms with Gasteiger partial charge in [0.2, 0.25) is 0 Å². The summed E-state index contributed by atoms with van der Waals surface area (Å²) in [6, 6.07) is 3.28. The van der Waals surface area contributed by atoms with Gasteiger partial charge in [-0.3, -0.25) is 9.59 Å². The second kappa shape index (κ2) is 5.64. The van der Waals surface area contributed by atoms with Crippen LogP contribution in [0, 0.1) is 6.92 Å². The molecule has 1 amide bonds. The summed E-state index contributed by atoms with van der Waals surface area (Å²) < 4.78 is 0. The number of carbonyl (C=O) groups excluding carboxylic acids is 1. The first-order valence-corrected chi connectivity index (χ1v) is 6.03. The maximum absolute atomic E-state index is 11.8. The highest BCUT2D eigenvalue weighted by molar-refractivity contribution is 5.93. The zero-order chi connectivity index (χ0) is 13.0. The van der Waals surface area contributed by atoms with Crippen molar-refractivity contribution in [3.8, 4) is 0 Å². The third kappa shape index (κ3) is 3.07. The Kier molecular flexibility index (Phi) is 3.94. The molecule has 18 heavy (non-hydrogen) atoms. The first kappa shape index (κ1) is 12.6. The van der Waals surface area contributed by atoms with Crippen molar-refractivity contribution in [2.24, 2.45) is 0 Å². The zero-order valence-corrected chi connectivity index (χ0v) is 10.4. The average molecular weight is 247 g/mol. The monoisotopic (exact) mass is 247 g/mol. The number of hydrogen-bond donors (Lipinski definition) is 3. The van der Waals surface area contributed by atoms with Crippen molar-refractivity contribution in [3.05, 3.63) is 45.4 Å². The highest BCUT2D eigenvalue weighted by Gasteiger charge is 2.11. The zero-order valence-electron chi connectivity index (χ0n) is 10.4. The number of aromatic nitrogens is 1. The van der Waals surface area contributed by atoms with Crippen molar-refractivity contribution in [3.63, 3.8) is 0 Å². The summed E-state index contributed by atoms with van der Waals surface area (Å²) in [5, 5.41) is 5.98. The van der Waals surface area contributed by atoms with Crippen LogP contribution in [0.15, 0.2) is 28.6 Å². The Morgan fingerprint density at radius 3 is 2.94 bits per heavy atom. The quantitative estimate of drug-likeness (QED) is 0.674. The van der Waals surface area contributed by atoms with Crippen molar-refractivity contribution in [1.29, 1.82) is 0 Å². The van der Waals surface area contributed by atoms with Gasteiger partial charge < -0.3 is 15.6 Å². The lowest BCUT2D eigenvalue weighted by Gasteiger charge is -2.14. The van der Waals surface area contributed by atoms with Crippen LogP contribution in [0.4, 0.5) is 0 Å². The Morgan fingerprint density at radius 1 is 1.44 bits per heavy atom. The highest BCUT2D eigenvalue weighted by atomic mass is 16.2. The molecule has 0 atom stereocenters. The molecule has 96 valence electrons. The molecule has 0 saturated carbocycles. The van der Waals surface area contributed by atoms with E-state index in [1.165, 1.54) is 5.57 Å². The fourth-order valence-electron chi connectivity index (χ4n) is 1.87. The molecule has 1 aromatic rings. The number of carbonyl (C=O) groups is 1. The predicted molar refractivity (Wildman–Crippen MR) is 69.7 cm³/mol. The third-order valence-electron chi connectivity index (χ3n) is 2.93. The van der Waals surface area contributed by atoms with Gasteiger partial charge in [-0.2, -0.15) is 0 Å². The number of hydrogen-bond acceptors (Lipinski definition) is 3. The lowest BCUT2D eigenvalue weighted by molar-refractivity contribution is 0.0955. The lowest BCUT2D eigenvalue weighted by atomic mass is 10.1. The minimum atomic E-state index is -0.341. The molecule has 0 fully saturated rings. The molecule has 5 nitrogen and oxygen atoms in total. The number of rotatable bonds is 3. The first-order valence-electron chi connectivity index (χ1n) is 6.03. The molecule has 3 N–H and O–H groups in total. The predicted octanol–water partition coefficient (Wildman–Crippen LogP) is 0.333. The van der Waals surface area contributed by atoms with Crippen LogP contribution in [-0.4, -0.2) is 30.5 Å². The van der Waals surface area contributed by atoms with Gasteiger partial charge >= 0.3 is 0 Å². The summed E-state index contributed by atoms with van der Waals surface area (Å²) in [7, 11) is 0. The number of H-pyrrole nitrogens is 1. The molecule has 0 aliphatic carbocycles. The highest BCUT2D eigenvalue weighted by Crippen LogP contribution is 2.02. The van der Waals surface area contributed by atoms with Crippen molar-refractivity contribution in [2.45, 2.75) is 13.3 Å². The molecule has 0 spiro atoms. The van der Waals surface area contributed by atoms with Gasteiger partial charge in [-0.05, 0) is 32.0 Å². The van der Waals surface area contributed by atoms with E-state index in [0.29, 0.717) is 6.54 Å². The maximum Gasteiger partial charge on any atom is 0.260 e. The number of pyridine rings is 1. The number of aryl methyl sites for hydroxylation is 1. The summed E-state index contributed by atoms with van der Waals surface area (Å²) in [6.45, 7) is 4.07. The van der Waals surface area contributed by atoms with Gasteiger partial charge in [0.25, 0.3) is 11.5 Å². The van der Waals surface area contributed by atoms with E-state index in [-0.39, 0.29) is 17.0 Å². The molecular formula is C13H17N3O2. The number of amides is 1. The normalized spacial score (nSPS) is 15.1. The summed E-state index contributed by atoms with van der Waals surface area (Å²) in [4.78, 5) is 26.1. The van der Waals surface area contributed by atoms with Gasteiger partial charge in [-0.25, -0.2) is 0 Å². The Labute approximate surface area is 105 Å². The summed E-state index contributed by atoms with van der Waals surface area (Å²) in [5.41, 5.74) is 1.77. The molecule has 0 saturated heterocycles. The first-order chi connectivity index (χ1) is 8.66. The molecule has 1 aliphatic rings. The lowest BCUT2D eigenvalue weighted by Crippen LogP contribution is -2.32. The summed E-state index contributed by atoms with van der Waals surface area (Å²) in [6.07, 6.45) is 3.01. The Morgan fingerprint density at radius 2 is 2.28 bits per heavy atom. The molecule has 0 radical (unpaired) electrons. The Bertz CT molecular complexity index is 531. The van der Waals surface area contributed by atoms with Crippen molar-refractivity contribution >= 4 is 5.91 Å². The fourth-order valence-corrected chi connectivity index (χ4v) is 1.87. The maximum atomic E-state index is 11.8. The Balaban J connectivity index is 1.99. The Hall–Kier alpha value is -1.88. The molecule has 0 unspecified atom stereocenters. The van der Waals surface area contributed by atoms with Crippen LogP contribution in [0.5, 0.6) is 0 Å². The molecular weight excluding hydrogens is 230 g/mol. The smallest absolute Gasteiger partial charge is 0.260 e. The van der Waals surface area contributed by atoms with Crippen molar-refractivity contribution in [2.75, 3.05) is 19.6 Å². The summed E-state index contributed by atoms with van der Waals surface area (Å²) >= 11 is 0. The van der Waals surface area contributed by atoms with Crippen LogP contribution >= 0.6 is 0 Å². The SMILES string of the molecule is Cc1ccc(C(=O)NCC2=CCNCC2)c(=O)[nH]1. The van der Waals surface area contributed by atoms with Crippen LogP contribution in [0.2, 0.25) is 0 Å². The summed E-state index contributed by atoms with van der Waals surface area (Å²) in [5.74, 6) is -0.323. The van der Waals surface area contributed by atoms with E-state index in [0.717, 1.165) is 25.2 Å². The van der Waals surface area contributed by atoms with Gasteiger partial charge in [0, 0.05) is 18.8 Å². The van der Waals surface area contributed by atoms with Crippen LogP contribution in [-0.2, 0) is 0 Å². The van der Waals surface area contributed by atoms with E-state index in [4.69, 9.17) is 0 Å². The minimum Gasteiger partial charge on any atom is -0.348 e. The van der Waals surface area contributed by atoms with E-state index in [1.54, 1.807) is 19.1 Å². The number of aromatic amines is 1. The second-order valence-electron chi connectivity index (χ2n) is 4.38. The van der Waals surface area contributed by atoms with Gasteiger partial charge in [-0.15, -0.1) is 0 Å². The standard InChI is InChI=1S/C13H17N3O2/c1-9-2-3-11(13(18)16-9)12(17)15-8-10-4-6-14-7-5-10/h2-4,14H,5-8H2,1H3,(H,15,17)(H,16,18).